The van der Waals surface area contributed by atoms with Crippen molar-refractivity contribution in [2.45, 2.75) is 32.1 Å². The second-order valence-electron chi connectivity index (χ2n) is 13.4. The summed E-state index contributed by atoms with van der Waals surface area (Å²) in [4.78, 5) is 23.3. The Morgan fingerprint density at radius 2 is 1.94 bits per heavy atom. The molecule has 5 aromatic rings. The van der Waals surface area contributed by atoms with Crippen LogP contribution in [0.4, 0.5) is 4.39 Å². The Labute approximate surface area is 290 Å². The lowest BCUT2D eigenvalue weighted by Crippen LogP contribution is -2.31. The third kappa shape index (κ3) is 7.79. The highest BCUT2D eigenvalue weighted by Gasteiger charge is 2.20. The summed E-state index contributed by atoms with van der Waals surface area (Å²) in [6.45, 7) is 3.09. The van der Waals surface area contributed by atoms with Crippen LogP contribution in [-0.2, 0) is 4.79 Å². The SMILES string of the molecule is CN(C)CCOc1cc(F)cc(-c2cccc3[nH]c(-c4n[nH]c5cnc(C(/C=C(\C=C6CC6)NC(=O)CC6CCNCC6)=C/N)cc45)cc23)c1. The molecule has 0 radical (unpaired) electrons. The normalized spacial score (nSPS) is 15.6. The van der Waals surface area contributed by atoms with E-state index in [9.17, 15) is 9.18 Å². The number of nitrogens with two attached hydrogens (primary N) is 1. The third-order valence-electron chi connectivity index (χ3n) is 9.26. The first kappa shape index (κ1) is 33.2. The predicted molar refractivity (Wildman–Crippen MR) is 197 cm³/mol. The van der Waals surface area contributed by atoms with E-state index in [0.29, 0.717) is 47.4 Å². The van der Waals surface area contributed by atoms with E-state index < -0.39 is 0 Å². The number of aromatic nitrogens is 4. The van der Waals surface area contributed by atoms with Crippen molar-refractivity contribution in [1.82, 2.24) is 35.7 Å². The summed E-state index contributed by atoms with van der Waals surface area (Å²) in [5, 5.41) is 16.0. The molecule has 2 fully saturated rings. The van der Waals surface area contributed by atoms with Crippen LogP contribution in [0.1, 0.15) is 37.8 Å². The maximum atomic E-state index is 14.8. The number of rotatable bonds is 12. The Kier molecular flexibility index (Phi) is 9.77. The van der Waals surface area contributed by atoms with Crippen molar-refractivity contribution in [2.75, 3.05) is 40.3 Å². The lowest BCUT2D eigenvalue weighted by molar-refractivity contribution is -0.121. The number of fused-ring (bicyclic) bond motifs is 2. The molecule has 3 aromatic heterocycles. The highest BCUT2D eigenvalue weighted by molar-refractivity contribution is 6.01. The number of nitrogens with zero attached hydrogens (tertiary/aromatic N) is 3. The van der Waals surface area contributed by atoms with Crippen molar-refractivity contribution >= 4 is 33.3 Å². The number of amides is 1. The van der Waals surface area contributed by atoms with E-state index in [-0.39, 0.29) is 11.7 Å². The van der Waals surface area contributed by atoms with E-state index in [2.05, 4.69) is 30.8 Å². The molecular formula is C39H43FN8O2. The fourth-order valence-corrected chi connectivity index (χ4v) is 6.45. The number of likely N-dealkylation sites (N-methyl/N-ethyl adjacent to an activating group) is 1. The molecule has 7 rings (SSSR count). The Morgan fingerprint density at radius 1 is 1.10 bits per heavy atom. The number of halogens is 1. The van der Waals surface area contributed by atoms with E-state index in [0.717, 1.165) is 83.9 Å². The lowest BCUT2D eigenvalue weighted by Gasteiger charge is -2.22. The number of hydrogen-bond acceptors (Lipinski definition) is 7. The number of pyridine rings is 1. The smallest absolute Gasteiger partial charge is 0.224 e. The number of piperidine rings is 1. The average Bonchev–Trinajstić information content (AvgIpc) is 3.64. The summed E-state index contributed by atoms with van der Waals surface area (Å²) in [6.07, 6.45) is 11.8. The van der Waals surface area contributed by atoms with Gasteiger partial charge in [-0.2, -0.15) is 5.10 Å². The van der Waals surface area contributed by atoms with Crippen molar-refractivity contribution in [3.63, 3.8) is 0 Å². The van der Waals surface area contributed by atoms with Gasteiger partial charge >= 0.3 is 0 Å². The topological polar surface area (TPSA) is 137 Å². The zero-order valence-corrected chi connectivity index (χ0v) is 28.5. The number of ether oxygens (including phenoxy) is 1. The Hall–Kier alpha value is -5.26. The number of nitrogens with one attached hydrogen (secondary N) is 4. The fourth-order valence-electron chi connectivity index (χ4n) is 6.45. The first-order chi connectivity index (χ1) is 24.3. The van der Waals surface area contributed by atoms with Gasteiger partial charge in [0.1, 0.15) is 23.9 Å². The van der Waals surface area contributed by atoms with Gasteiger partial charge in [0, 0.05) is 52.8 Å². The van der Waals surface area contributed by atoms with E-state index >= 15 is 0 Å². The lowest BCUT2D eigenvalue weighted by atomic mass is 9.94. The van der Waals surface area contributed by atoms with Gasteiger partial charge in [-0.15, -0.1) is 0 Å². The molecule has 1 aliphatic heterocycles. The Balaban J connectivity index is 1.18. The number of hydrogen-bond donors (Lipinski definition) is 5. The molecule has 6 N–H and O–H groups in total. The molecule has 2 aromatic carbocycles. The standard InChI is InChI=1S/C39H43FN8O2/c1-48(2)12-13-50-30-18-26(16-28(40)19-30)31-4-3-5-34-32(31)20-36(45-34)39-33-21-35(43-23-37(33)46-47-39)27(22-41)17-29(14-24-6-7-24)44-38(49)15-25-8-10-42-11-9-25/h3-5,14,16-23,25,42,45H,6-13,15,41H2,1-2H3,(H,44,49)(H,46,47)/b27-22+,29-17+. The molecule has 0 spiro atoms. The minimum Gasteiger partial charge on any atom is -0.492 e. The maximum absolute atomic E-state index is 14.8. The summed E-state index contributed by atoms with van der Waals surface area (Å²) in [6, 6.07) is 14.7. The predicted octanol–water partition coefficient (Wildman–Crippen LogP) is 6.26. The van der Waals surface area contributed by atoms with Gasteiger partial charge in [-0.25, -0.2) is 4.39 Å². The van der Waals surface area contributed by atoms with Crippen LogP contribution < -0.4 is 21.1 Å². The van der Waals surface area contributed by atoms with Crippen LogP contribution >= 0.6 is 0 Å². The first-order valence-electron chi connectivity index (χ1n) is 17.2. The van der Waals surface area contributed by atoms with Gasteiger partial charge < -0.3 is 31.0 Å². The average molecular weight is 675 g/mol. The van der Waals surface area contributed by atoms with Crippen LogP contribution in [0.2, 0.25) is 0 Å². The highest BCUT2D eigenvalue weighted by atomic mass is 19.1. The van der Waals surface area contributed by atoms with Gasteiger partial charge in [0.15, 0.2) is 0 Å². The first-order valence-corrected chi connectivity index (χ1v) is 17.2. The summed E-state index contributed by atoms with van der Waals surface area (Å²) in [5.74, 6) is 0.535. The molecule has 258 valence electrons. The number of benzene rings is 2. The largest absolute Gasteiger partial charge is 0.492 e. The molecule has 2 aliphatic rings. The van der Waals surface area contributed by atoms with Crippen LogP contribution in [0.25, 0.3) is 49.9 Å². The van der Waals surface area contributed by atoms with Gasteiger partial charge in [0.2, 0.25) is 5.91 Å². The van der Waals surface area contributed by atoms with Gasteiger partial charge in [0.05, 0.1) is 23.1 Å². The zero-order chi connectivity index (χ0) is 34.6. The van der Waals surface area contributed by atoms with Gasteiger partial charge in [-0.05, 0) is 112 Å². The Morgan fingerprint density at radius 3 is 2.72 bits per heavy atom. The molecule has 4 heterocycles. The highest BCUT2D eigenvalue weighted by Crippen LogP contribution is 2.36. The number of carbonyl (C=O) groups excluding carboxylic acids is 1. The molecular weight excluding hydrogens is 631 g/mol. The molecule has 1 amide bonds. The minimum atomic E-state index is -0.357. The maximum Gasteiger partial charge on any atom is 0.224 e. The molecule has 10 nitrogen and oxygen atoms in total. The number of carbonyl (C=O) groups is 1. The van der Waals surface area contributed by atoms with Crippen molar-refractivity contribution in [3.05, 3.63) is 95.9 Å². The van der Waals surface area contributed by atoms with Crippen LogP contribution in [0.5, 0.6) is 5.75 Å². The van der Waals surface area contributed by atoms with Gasteiger partial charge in [0.25, 0.3) is 0 Å². The van der Waals surface area contributed by atoms with Gasteiger partial charge in [-0.3, -0.25) is 14.9 Å². The van der Waals surface area contributed by atoms with E-state index in [4.69, 9.17) is 10.5 Å². The molecule has 50 heavy (non-hydrogen) atoms. The Bertz CT molecular complexity index is 2110. The molecule has 1 saturated carbocycles. The van der Waals surface area contributed by atoms with Gasteiger partial charge in [-0.1, -0.05) is 17.7 Å². The monoisotopic (exact) mass is 674 g/mol. The fraction of sp³-hybridized carbons (Fsp3) is 0.308. The number of aromatic amines is 2. The number of allylic oxidation sites excluding steroid dienone is 4. The zero-order valence-electron chi connectivity index (χ0n) is 28.5. The molecule has 0 bridgehead atoms. The third-order valence-corrected chi connectivity index (χ3v) is 9.26. The molecule has 1 aliphatic carbocycles. The van der Waals surface area contributed by atoms with Crippen molar-refractivity contribution < 1.29 is 13.9 Å². The molecule has 0 unspecified atom stereocenters. The quantitative estimate of drug-likeness (QED) is 0.0986. The second kappa shape index (κ2) is 14.7. The van der Waals surface area contributed by atoms with Crippen LogP contribution in [0.3, 0.4) is 0 Å². The molecule has 11 heteroatoms. The second-order valence-corrected chi connectivity index (χ2v) is 13.4. The molecule has 1 saturated heterocycles. The summed E-state index contributed by atoms with van der Waals surface area (Å²) >= 11 is 0. The molecule has 0 atom stereocenters. The van der Waals surface area contributed by atoms with Crippen LogP contribution in [-0.4, -0.2) is 71.3 Å². The van der Waals surface area contributed by atoms with Crippen LogP contribution in [0, 0.1) is 11.7 Å². The van der Waals surface area contributed by atoms with Crippen molar-refractivity contribution in [1.29, 1.82) is 0 Å². The van der Waals surface area contributed by atoms with E-state index in [1.807, 2.05) is 67.5 Å². The van der Waals surface area contributed by atoms with Crippen molar-refractivity contribution in [3.8, 4) is 28.3 Å². The van der Waals surface area contributed by atoms with E-state index in [1.54, 1.807) is 6.20 Å². The van der Waals surface area contributed by atoms with Crippen molar-refractivity contribution in [2.24, 2.45) is 11.7 Å². The van der Waals surface area contributed by atoms with E-state index in [1.165, 1.54) is 23.9 Å². The number of H-pyrrole nitrogens is 2. The van der Waals surface area contributed by atoms with Crippen LogP contribution in [0.15, 0.2) is 84.3 Å². The summed E-state index contributed by atoms with van der Waals surface area (Å²) in [5.41, 5.74) is 14.3. The minimum absolute atomic E-state index is 0.0158. The summed E-state index contributed by atoms with van der Waals surface area (Å²) < 4.78 is 20.6. The summed E-state index contributed by atoms with van der Waals surface area (Å²) in [7, 11) is 3.94.